The Hall–Kier alpha value is -3.54. The van der Waals surface area contributed by atoms with E-state index in [9.17, 15) is 14.9 Å². The lowest BCUT2D eigenvalue weighted by Gasteiger charge is -2.33. The van der Waals surface area contributed by atoms with Crippen LogP contribution in [0.25, 0.3) is 0 Å². The summed E-state index contributed by atoms with van der Waals surface area (Å²) in [7, 11) is 0. The molecule has 1 amide bonds. The summed E-state index contributed by atoms with van der Waals surface area (Å²) in [5.74, 6) is 0.168. The fourth-order valence-electron chi connectivity index (χ4n) is 4.48. The van der Waals surface area contributed by atoms with Crippen LogP contribution in [-0.2, 0) is 4.79 Å². The van der Waals surface area contributed by atoms with Gasteiger partial charge in [-0.25, -0.2) is 0 Å². The van der Waals surface area contributed by atoms with E-state index in [4.69, 9.17) is 9.47 Å². The summed E-state index contributed by atoms with van der Waals surface area (Å²) < 4.78 is 11.2. The van der Waals surface area contributed by atoms with Gasteiger partial charge in [0.15, 0.2) is 11.5 Å². The Morgan fingerprint density at radius 1 is 1.16 bits per heavy atom. The molecule has 2 unspecified atom stereocenters. The Balaban J connectivity index is 1.59. The molecular weight excluding hydrogens is 398 g/mol. The minimum absolute atomic E-state index is 0.216. The number of aromatic amines is 1. The monoisotopic (exact) mass is 421 g/mol. The number of carbonyl (C=O) groups is 1. The molecule has 3 aliphatic rings. The number of nitrogens with one attached hydrogen (secondary N) is 2. The number of ether oxygens (including phenoxy) is 2. The zero-order valence-corrected chi connectivity index (χ0v) is 17.2. The first-order chi connectivity index (χ1) is 15.0. The maximum atomic E-state index is 13.2. The van der Waals surface area contributed by atoms with Crippen LogP contribution in [0.2, 0.25) is 0 Å². The highest BCUT2D eigenvalue weighted by atomic mass is 16.6. The number of nitrogens with zero attached hydrogens (tertiary/aromatic N) is 3. The predicted molar refractivity (Wildman–Crippen MR) is 112 cm³/mol. The largest absolute Gasteiger partial charge is 0.486 e. The third-order valence-electron chi connectivity index (χ3n) is 6.26. The summed E-state index contributed by atoms with van der Waals surface area (Å²) >= 11 is 0. The summed E-state index contributed by atoms with van der Waals surface area (Å²) in [5, 5.41) is 12.4. The second-order valence-electron chi connectivity index (χ2n) is 8.30. The second-order valence-corrected chi connectivity index (χ2v) is 8.30. The minimum Gasteiger partial charge on any atom is -0.486 e. The first-order valence-corrected chi connectivity index (χ1v) is 10.5. The van der Waals surface area contributed by atoms with E-state index < -0.39 is 17.7 Å². The van der Waals surface area contributed by atoms with Gasteiger partial charge in [0.05, 0.1) is 11.6 Å². The number of aromatic nitrogens is 2. The molecule has 0 aliphatic carbocycles. The number of carbonyl (C=O) groups excluding carboxylic acids is 1. The minimum atomic E-state index is -1.06. The van der Waals surface area contributed by atoms with Gasteiger partial charge in [0.25, 0.3) is 5.56 Å². The van der Waals surface area contributed by atoms with Crippen LogP contribution >= 0.6 is 0 Å². The average molecular weight is 421 g/mol. The molecule has 160 valence electrons. The van der Waals surface area contributed by atoms with E-state index in [0.29, 0.717) is 42.1 Å². The molecule has 1 saturated heterocycles. The molecule has 5 rings (SSSR count). The van der Waals surface area contributed by atoms with Gasteiger partial charge in [-0.2, -0.15) is 10.2 Å². The standard InChI is InChI=1S/C22H23N5O4/c1-12-4-6-27(7-5-12)22-25-19-18(21(29)26-22)17(14(11-23)20(28)24-19)13-2-3-15-16(10-13)31-9-8-30-15/h2-3,10,12,14,17H,4-9H2,1H3,(H2,24,25,26,28,29). The first-order valence-electron chi connectivity index (χ1n) is 10.5. The molecule has 1 fully saturated rings. The number of benzene rings is 1. The van der Waals surface area contributed by atoms with Crippen LogP contribution in [-0.4, -0.2) is 42.2 Å². The number of rotatable bonds is 2. The fourth-order valence-corrected chi connectivity index (χ4v) is 4.48. The van der Waals surface area contributed by atoms with Crippen molar-refractivity contribution < 1.29 is 14.3 Å². The number of piperidine rings is 1. The van der Waals surface area contributed by atoms with Crippen molar-refractivity contribution in [2.45, 2.75) is 25.7 Å². The lowest BCUT2D eigenvalue weighted by atomic mass is 9.79. The number of amides is 1. The summed E-state index contributed by atoms with van der Waals surface area (Å²) in [6, 6.07) is 7.31. The number of hydrogen-bond donors (Lipinski definition) is 2. The van der Waals surface area contributed by atoms with Crippen molar-refractivity contribution in [3.05, 3.63) is 39.7 Å². The average Bonchev–Trinajstić information content (AvgIpc) is 2.78. The molecule has 2 aromatic rings. The van der Waals surface area contributed by atoms with E-state index >= 15 is 0 Å². The van der Waals surface area contributed by atoms with Crippen molar-refractivity contribution in [1.82, 2.24) is 9.97 Å². The molecule has 1 aromatic carbocycles. The molecule has 1 aromatic heterocycles. The normalized spacial score (nSPS) is 23.0. The third kappa shape index (κ3) is 3.38. The zero-order chi connectivity index (χ0) is 21.5. The van der Waals surface area contributed by atoms with Gasteiger partial charge in [0.2, 0.25) is 11.9 Å². The fraction of sp³-hybridized carbons (Fsp3) is 0.455. The van der Waals surface area contributed by atoms with E-state index in [1.165, 1.54) is 0 Å². The van der Waals surface area contributed by atoms with Gasteiger partial charge >= 0.3 is 0 Å². The molecule has 31 heavy (non-hydrogen) atoms. The molecule has 0 bridgehead atoms. The van der Waals surface area contributed by atoms with Crippen LogP contribution in [0.15, 0.2) is 23.0 Å². The molecule has 0 spiro atoms. The van der Waals surface area contributed by atoms with Crippen LogP contribution < -0.4 is 25.2 Å². The van der Waals surface area contributed by atoms with E-state index in [-0.39, 0.29) is 16.9 Å². The maximum absolute atomic E-state index is 13.2. The van der Waals surface area contributed by atoms with Crippen molar-refractivity contribution in [1.29, 1.82) is 5.26 Å². The molecule has 9 nitrogen and oxygen atoms in total. The third-order valence-corrected chi connectivity index (χ3v) is 6.26. The molecule has 2 N–H and O–H groups in total. The number of hydrogen-bond acceptors (Lipinski definition) is 7. The molecule has 9 heteroatoms. The molecule has 0 saturated carbocycles. The lowest BCUT2D eigenvalue weighted by Crippen LogP contribution is -2.40. The van der Waals surface area contributed by atoms with Gasteiger partial charge in [-0.3, -0.25) is 14.6 Å². The number of fused-ring (bicyclic) bond motifs is 2. The maximum Gasteiger partial charge on any atom is 0.258 e. The van der Waals surface area contributed by atoms with E-state index in [1.807, 2.05) is 4.90 Å². The highest BCUT2D eigenvalue weighted by Gasteiger charge is 2.41. The SMILES string of the molecule is CC1CCN(c2nc3c(c(=O)[nH]2)C(c2ccc4c(c2)OCCO4)C(C#N)C(=O)N3)CC1. The predicted octanol–water partition coefficient (Wildman–Crippen LogP) is 2.00. The lowest BCUT2D eigenvalue weighted by molar-refractivity contribution is -0.119. The molecule has 0 radical (unpaired) electrons. The Bertz CT molecular complexity index is 1130. The van der Waals surface area contributed by atoms with Gasteiger partial charge in [-0.1, -0.05) is 13.0 Å². The van der Waals surface area contributed by atoms with Crippen LogP contribution in [0.3, 0.4) is 0 Å². The van der Waals surface area contributed by atoms with Crippen LogP contribution in [0.5, 0.6) is 11.5 Å². The molecule has 4 heterocycles. The highest BCUT2D eigenvalue weighted by Crippen LogP contribution is 2.41. The quantitative estimate of drug-likeness (QED) is 0.761. The van der Waals surface area contributed by atoms with Crippen LogP contribution in [0, 0.1) is 23.2 Å². The Morgan fingerprint density at radius 2 is 1.90 bits per heavy atom. The van der Waals surface area contributed by atoms with Crippen molar-refractivity contribution in [3.63, 3.8) is 0 Å². The van der Waals surface area contributed by atoms with Crippen molar-refractivity contribution in [2.75, 3.05) is 36.5 Å². The van der Waals surface area contributed by atoms with Crippen LogP contribution in [0.1, 0.15) is 36.8 Å². The second kappa shape index (κ2) is 7.61. The van der Waals surface area contributed by atoms with Gasteiger partial charge in [0, 0.05) is 19.0 Å². The molecule has 2 atom stereocenters. The molecular formula is C22H23N5O4. The Kier molecular flexibility index (Phi) is 4.77. The van der Waals surface area contributed by atoms with E-state index in [2.05, 4.69) is 28.3 Å². The van der Waals surface area contributed by atoms with Gasteiger partial charge in [-0.05, 0) is 36.5 Å². The highest BCUT2D eigenvalue weighted by molar-refractivity contribution is 5.98. The first kappa shape index (κ1) is 19.4. The van der Waals surface area contributed by atoms with Gasteiger partial charge < -0.3 is 19.7 Å². The van der Waals surface area contributed by atoms with E-state index in [0.717, 1.165) is 25.9 Å². The van der Waals surface area contributed by atoms with E-state index in [1.54, 1.807) is 18.2 Å². The molecule has 3 aliphatic heterocycles. The summed E-state index contributed by atoms with van der Waals surface area (Å²) in [5.41, 5.74) is 0.578. The topological polar surface area (TPSA) is 120 Å². The van der Waals surface area contributed by atoms with Crippen LogP contribution in [0.4, 0.5) is 11.8 Å². The van der Waals surface area contributed by atoms with Crippen molar-refractivity contribution in [2.24, 2.45) is 11.8 Å². The zero-order valence-electron chi connectivity index (χ0n) is 17.2. The summed E-state index contributed by atoms with van der Waals surface area (Å²) in [4.78, 5) is 35.4. The number of anilines is 2. The number of nitriles is 1. The number of H-pyrrole nitrogens is 1. The Labute approximate surface area is 179 Å². The summed E-state index contributed by atoms with van der Waals surface area (Å²) in [6.45, 7) is 4.68. The van der Waals surface area contributed by atoms with Crippen molar-refractivity contribution in [3.8, 4) is 17.6 Å². The van der Waals surface area contributed by atoms with Crippen molar-refractivity contribution >= 4 is 17.7 Å². The smallest absolute Gasteiger partial charge is 0.258 e. The summed E-state index contributed by atoms with van der Waals surface area (Å²) in [6.07, 6.45) is 2.03. The Morgan fingerprint density at radius 3 is 2.65 bits per heavy atom. The van der Waals surface area contributed by atoms with Gasteiger partial charge in [0.1, 0.15) is 24.9 Å². The van der Waals surface area contributed by atoms with Gasteiger partial charge in [-0.15, -0.1) is 0 Å².